The lowest BCUT2D eigenvalue weighted by atomic mass is 10.2. The number of oxime groups is 1. The lowest BCUT2D eigenvalue weighted by Gasteiger charge is -2.15. The van der Waals surface area contributed by atoms with E-state index >= 15 is 0 Å². The third-order valence-electron chi connectivity index (χ3n) is 2.47. The van der Waals surface area contributed by atoms with E-state index in [0.29, 0.717) is 5.56 Å². The van der Waals surface area contributed by atoms with Crippen molar-refractivity contribution in [1.29, 1.82) is 0 Å². The summed E-state index contributed by atoms with van der Waals surface area (Å²) in [4.78, 5) is 0. The van der Waals surface area contributed by atoms with Crippen LogP contribution in [0.3, 0.4) is 0 Å². The zero-order chi connectivity index (χ0) is 12.0. The third-order valence-corrected chi connectivity index (χ3v) is 2.47. The second kappa shape index (κ2) is 6.00. The van der Waals surface area contributed by atoms with Gasteiger partial charge in [0, 0.05) is 5.56 Å². The van der Waals surface area contributed by atoms with Crippen LogP contribution in [-0.4, -0.2) is 17.1 Å². The average molecular weight is 222 g/mol. The van der Waals surface area contributed by atoms with E-state index < -0.39 is 0 Å². The Morgan fingerprint density at radius 1 is 1.31 bits per heavy atom. The van der Waals surface area contributed by atoms with Gasteiger partial charge in [-0.3, -0.25) is 0 Å². The molecular formula is C12H18N2O2. The molecular weight excluding hydrogens is 204 g/mol. The van der Waals surface area contributed by atoms with Crippen LogP contribution in [0.1, 0.15) is 32.3 Å². The maximum Gasteiger partial charge on any atom is 0.170 e. The summed E-state index contributed by atoms with van der Waals surface area (Å²) in [5.41, 5.74) is 6.14. The first-order valence-corrected chi connectivity index (χ1v) is 5.45. The van der Waals surface area contributed by atoms with Crippen LogP contribution in [0.5, 0.6) is 5.75 Å². The molecule has 88 valence electrons. The Hall–Kier alpha value is -1.71. The maximum atomic E-state index is 8.51. The highest BCUT2D eigenvalue weighted by atomic mass is 16.5. The van der Waals surface area contributed by atoms with E-state index in [0.717, 1.165) is 18.6 Å². The minimum Gasteiger partial charge on any atom is -0.490 e. The van der Waals surface area contributed by atoms with Gasteiger partial charge in [-0.25, -0.2) is 0 Å². The van der Waals surface area contributed by atoms with E-state index in [1.165, 1.54) is 0 Å². The van der Waals surface area contributed by atoms with Crippen molar-refractivity contribution in [3.63, 3.8) is 0 Å². The topological polar surface area (TPSA) is 67.8 Å². The molecule has 0 aromatic heterocycles. The van der Waals surface area contributed by atoms with Gasteiger partial charge in [0.05, 0.1) is 6.10 Å². The van der Waals surface area contributed by atoms with Crippen LogP contribution in [0.2, 0.25) is 0 Å². The van der Waals surface area contributed by atoms with Crippen molar-refractivity contribution in [2.24, 2.45) is 10.9 Å². The second-order valence-electron chi connectivity index (χ2n) is 3.57. The van der Waals surface area contributed by atoms with E-state index in [4.69, 9.17) is 15.7 Å². The normalized spacial score (nSPS) is 11.8. The highest BCUT2D eigenvalue weighted by molar-refractivity contribution is 5.97. The van der Waals surface area contributed by atoms with Gasteiger partial charge in [-0.05, 0) is 37.1 Å². The Labute approximate surface area is 95.7 Å². The zero-order valence-electron chi connectivity index (χ0n) is 9.68. The fourth-order valence-corrected chi connectivity index (χ4v) is 1.41. The summed E-state index contributed by atoms with van der Waals surface area (Å²) < 4.78 is 5.74. The predicted molar refractivity (Wildman–Crippen MR) is 64.0 cm³/mol. The standard InChI is InChI=1S/C12H18N2O2/c1-3-10(4-2)16-11-7-5-9(6-8-11)12(13)14-15/h5-8,10,15H,3-4H2,1-2H3,(H2,13,14). The molecule has 4 nitrogen and oxygen atoms in total. The third kappa shape index (κ3) is 3.15. The van der Waals surface area contributed by atoms with Gasteiger partial charge in [-0.15, -0.1) is 0 Å². The molecule has 0 aliphatic heterocycles. The van der Waals surface area contributed by atoms with Gasteiger partial charge < -0.3 is 15.7 Å². The number of nitrogens with two attached hydrogens (primary N) is 1. The second-order valence-corrected chi connectivity index (χ2v) is 3.57. The molecule has 0 radical (unpaired) electrons. The Morgan fingerprint density at radius 2 is 1.88 bits per heavy atom. The Morgan fingerprint density at radius 3 is 2.31 bits per heavy atom. The van der Waals surface area contributed by atoms with Crippen LogP contribution in [0.4, 0.5) is 0 Å². The molecule has 0 amide bonds. The first-order valence-electron chi connectivity index (χ1n) is 5.45. The van der Waals surface area contributed by atoms with Crippen LogP contribution in [0.15, 0.2) is 29.4 Å². The number of rotatable bonds is 5. The van der Waals surface area contributed by atoms with Gasteiger partial charge in [0.2, 0.25) is 0 Å². The zero-order valence-corrected chi connectivity index (χ0v) is 9.68. The smallest absolute Gasteiger partial charge is 0.170 e. The Balaban J connectivity index is 2.71. The highest BCUT2D eigenvalue weighted by Gasteiger charge is 2.05. The largest absolute Gasteiger partial charge is 0.490 e. The van der Waals surface area contributed by atoms with E-state index in [9.17, 15) is 0 Å². The molecule has 0 unspecified atom stereocenters. The van der Waals surface area contributed by atoms with Crippen molar-refractivity contribution < 1.29 is 9.94 Å². The Kier molecular flexibility index (Phi) is 4.64. The molecule has 16 heavy (non-hydrogen) atoms. The lowest BCUT2D eigenvalue weighted by molar-refractivity contribution is 0.193. The summed E-state index contributed by atoms with van der Waals surface area (Å²) in [6, 6.07) is 7.19. The number of benzene rings is 1. The maximum absolute atomic E-state index is 8.51. The van der Waals surface area contributed by atoms with Crippen molar-refractivity contribution in [2.45, 2.75) is 32.8 Å². The van der Waals surface area contributed by atoms with Gasteiger partial charge in [0.1, 0.15) is 5.75 Å². The van der Waals surface area contributed by atoms with Gasteiger partial charge in [0.15, 0.2) is 5.84 Å². The molecule has 1 rings (SSSR count). The number of hydrogen-bond acceptors (Lipinski definition) is 3. The number of amidine groups is 1. The minimum absolute atomic E-state index is 0.106. The molecule has 0 aliphatic rings. The van der Waals surface area contributed by atoms with Crippen LogP contribution < -0.4 is 10.5 Å². The quantitative estimate of drug-likeness (QED) is 0.348. The summed E-state index contributed by atoms with van der Waals surface area (Å²) in [5, 5.41) is 11.4. The summed E-state index contributed by atoms with van der Waals surface area (Å²) >= 11 is 0. The van der Waals surface area contributed by atoms with E-state index in [1.807, 2.05) is 12.1 Å². The molecule has 0 atom stereocenters. The summed E-state index contributed by atoms with van der Waals surface area (Å²) in [7, 11) is 0. The van der Waals surface area contributed by atoms with Crippen LogP contribution in [0.25, 0.3) is 0 Å². The number of ether oxygens (including phenoxy) is 1. The molecule has 0 saturated heterocycles. The first kappa shape index (κ1) is 12.4. The van der Waals surface area contributed by atoms with Gasteiger partial charge in [-0.1, -0.05) is 19.0 Å². The van der Waals surface area contributed by atoms with Crippen molar-refractivity contribution in [3.8, 4) is 5.75 Å². The molecule has 0 fully saturated rings. The average Bonchev–Trinajstić information content (AvgIpc) is 2.35. The fraction of sp³-hybridized carbons (Fsp3) is 0.417. The number of hydrogen-bond donors (Lipinski definition) is 2. The molecule has 0 bridgehead atoms. The van der Waals surface area contributed by atoms with Crippen molar-refractivity contribution in [3.05, 3.63) is 29.8 Å². The lowest BCUT2D eigenvalue weighted by Crippen LogP contribution is -2.15. The van der Waals surface area contributed by atoms with Crippen molar-refractivity contribution in [2.75, 3.05) is 0 Å². The van der Waals surface area contributed by atoms with E-state index in [2.05, 4.69) is 19.0 Å². The summed E-state index contributed by atoms with van der Waals surface area (Å²) in [6.45, 7) is 4.19. The summed E-state index contributed by atoms with van der Waals surface area (Å²) in [6.07, 6.45) is 2.21. The molecule has 3 N–H and O–H groups in total. The van der Waals surface area contributed by atoms with Gasteiger partial charge in [-0.2, -0.15) is 0 Å². The monoisotopic (exact) mass is 222 g/mol. The van der Waals surface area contributed by atoms with Crippen LogP contribution >= 0.6 is 0 Å². The Bertz CT molecular complexity index is 343. The van der Waals surface area contributed by atoms with Crippen molar-refractivity contribution >= 4 is 5.84 Å². The van der Waals surface area contributed by atoms with E-state index in [1.54, 1.807) is 12.1 Å². The minimum atomic E-state index is 0.106. The van der Waals surface area contributed by atoms with Gasteiger partial charge >= 0.3 is 0 Å². The fourth-order valence-electron chi connectivity index (χ4n) is 1.41. The van der Waals surface area contributed by atoms with Crippen LogP contribution in [-0.2, 0) is 0 Å². The molecule has 0 saturated carbocycles. The first-order chi connectivity index (χ1) is 7.71. The SMILES string of the molecule is CCC(CC)Oc1ccc(C(N)=NO)cc1. The molecule has 0 heterocycles. The highest BCUT2D eigenvalue weighted by Crippen LogP contribution is 2.16. The molecule has 4 heteroatoms. The summed E-state index contributed by atoms with van der Waals surface area (Å²) in [5.74, 6) is 0.914. The van der Waals surface area contributed by atoms with Crippen LogP contribution in [0, 0.1) is 0 Å². The molecule has 1 aromatic carbocycles. The predicted octanol–water partition coefficient (Wildman–Crippen LogP) is 2.35. The molecule has 1 aromatic rings. The molecule has 0 spiro atoms. The molecule has 0 aliphatic carbocycles. The number of nitrogens with zero attached hydrogens (tertiary/aromatic N) is 1. The van der Waals surface area contributed by atoms with E-state index in [-0.39, 0.29) is 11.9 Å². The van der Waals surface area contributed by atoms with Crippen molar-refractivity contribution in [1.82, 2.24) is 0 Å². The van der Waals surface area contributed by atoms with Gasteiger partial charge in [0.25, 0.3) is 0 Å².